The molecule has 4 nitrogen and oxygen atoms in total. The zero-order valence-corrected chi connectivity index (χ0v) is 13.2. The molecule has 0 unspecified atom stereocenters. The van der Waals surface area contributed by atoms with Gasteiger partial charge < -0.3 is 15.4 Å². The Morgan fingerprint density at radius 2 is 2.05 bits per heavy atom. The first-order chi connectivity index (χ1) is 9.94. The fourth-order valence-electron chi connectivity index (χ4n) is 2.70. The SMILES string of the molecule is CC(C)(C)OC(=O)N[C@@H]1CCNC[C@@H]1Cc1ccccc1. The highest BCUT2D eigenvalue weighted by Crippen LogP contribution is 2.18. The monoisotopic (exact) mass is 290 g/mol. The van der Waals surface area contributed by atoms with E-state index in [1.54, 1.807) is 0 Å². The van der Waals surface area contributed by atoms with Gasteiger partial charge in [-0.15, -0.1) is 0 Å². The molecular formula is C17H26N2O2. The van der Waals surface area contributed by atoms with Gasteiger partial charge in [-0.1, -0.05) is 30.3 Å². The Labute approximate surface area is 127 Å². The molecule has 2 rings (SSSR count). The van der Waals surface area contributed by atoms with Crippen LogP contribution in [0, 0.1) is 5.92 Å². The zero-order chi connectivity index (χ0) is 15.3. The van der Waals surface area contributed by atoms with Crippen molar-refractivity contribution in [2.75, 3.05) is 13.1 Å². The summed E-state index contributed by atoms with van der Waals surface area (Å²) in [6.07, 6.45) is 1.60. The molecule has 0 saturated carbocycles. The molecule has 21 heavy (non-hydrogen) atoms. The molecule has 2 N–H and O–H groups in total. The highest BCUT2D eigenvalue weighted by atomic mass is 16.6. The average Bonchev–Trinajstić information content (AvgIpc) is 2.40. The number of piperidine rings is 1. The number of carbonyl (C=O) groups excluding carboxylic acids is 1. The Morgan fingerprint density at radius 3 is 2.71 bits per heavy atom. The lowest BCUT2D eigenvalue weighted by atomic mass is 9.88. The van der Waals surface area contributed by atoms with Gasteiger partial charge in [0.1, 0.15) is 5.60 Å². The number of rotatable bonds is 3. The first-order valence-corrected chi connectivity index (χ1v) is 7.68. The number of benzene rings is 1. The molecule has 1 aromatic rings. The van der Waals surface area contributed by atoms with E-state index in [0.29, 0.717) is 5.92 Å². The van der Waals surface area contributed by atoms with E-state index in [0.717, 1.165) is 25.9 Å². The van der Waals surface area contributed by atoms with Crippen LogP contribution in [0.1, 0.15) is 32.8 Å². The van der Waals surface area contributed by atoms with Gasteiger partial charge in [-0.3, -0.25) is 0 Å². The molecule has 1 amide bonds. The standard InChI is InChI=1S/C17H26N2O2/c1-17(2,3)21-16(20)19-15-9-10-18-12-14(15)11-13-7-5-4-6-8-13/h4-8,14-15,18H,9-12H2,1-3H3,(H,19,20)/t14-,15+/m0/s1. The number of carbonyl (C=O) groups is 1. The minimum atomic E-state index is -0.452. The molecule has 0 bridgehead atoms. The zero-order valence-electron chi connectivity index (χ0n) is 13.2. The largest absolute Gasteiger partial charge is 0.444 e. The van der Waals surface area contributed by atoms with Crippen LogP contribution in [0.5, 0.6) is 0 Å². The Morgan fingerprint density at radius 1 is 1.33 bits per heavy atom. The molecule has 0 aliphatic carbocycles. The number of ether oxygens (including phenoxy) is 1. The van der Waals surface area contributed by atoms with E-state index in [4.69, 9.17) is 4.74 Å². The van der Waals surface area contributed by atoms with E-state index in [1.807, 2.05) is 26.8 Å². The summed E-state index contributed by atoms with van der Waals surface area (Å²) in [5.41, 5.74) is 0.855. The smallest absolute Gasteiger partial charge is 0.407 e. The van der Waals surface area contributed by atoms with Gasteiger partial charge in [0.2, 0.25) is 0 Å². The second-order valence-corrected chi connectivity index (χ2v) is 6.70. The normalized spacial score (nSPS) is 22.6. The molecule has 2 atom stereocenters. The number of hydrogen-bond donors (Lipinski definition) is 2. The maximum atomic E-state index is 12.0. The van der Waals surface area contributed by atoms with Crippen molar-refractivity contribution in [1.82, 2.24) is 10.6 Å². The van der Waals surface area contributed by atoms with Crippen molar-refractivity contribution in [2.24, 2.45) is 5.92 Å². The van der Waals surface area contributed by atoms with Gasteiger partial charge in [0, 0.05) is 12.6 Å². The summed E-state index contributed by atoms with van der Waals surface area (Å²) in [6, 6.07) is 10.6. The molecule has 116 valence electrons. The van der Waals surface area contributed by atoms with Crippen LogP contribution < -0.4 is 10.6 Å². The molecule has 0 spiro atoms. The number of amides is 1. The van der Waals surface area contributed by atoms with Crippen LogP contribution in [0.2, 0.25) is 0 Å². The molecule has 1 saturated heterocycles. The van der Waals surface area contributed by atoms with Crippen molar-refractivity contribution in [2.45, 2.75) is 45.3 Å². The van der Waals surface area contributed by atoms with E-state index in [2.05, 4.69) is 34.9 Å². The van der Waals surface area contributed by atoms with Gasteiger partial charge in [-0.05, 0) is 51.6 Å². The van der Waals surface area contributed by atoms with Crippen molar-refractivity contribution in [3.05, 3.63) is 35.9 Å². The lowest BCUT2D eigenvalue weighted by Gasteiger charge is -2.33. The summed E-state index contributed by atoms with van der Waals surface area (Å²) >= 11 is 0. The van der Waals surface area contributed by atoms with E-state index in [1.165, 1.54) is 5.56 Å². The third kappa shape index (κ3) is 5.38. The van der Waals surface area contributed by atoms with E-state index >= 15 is 0 Å². The fourth-order valence-corrected chi connectivity index (χ4v) is 2.70. The molecule has 1 aromatic carbocycles. The number of hydrogen-bond acceptors (Lipinski definition) is 3. The molecule has 1 aliphatic heterocycles. The van der Waals surface area contributed by atoms with Crippen molar-refractivity contribution < 1.29 is 9.53 Å². The first-order valence-electron chi connectivity index (χ1n) is 7.68. The predicted octanol–water partition coefficient (Wildman–Crippen LogP) is 2.73. The minimum Gasteiger partial charge on any atom is -0.444 e. The van der Waals surface area contributed by atoms with Crippen molar-refractivity contribution >= 4 is 6.09 Å². The molecule has 1 heterocycles. The summed E-state index contributed by atoms with van der Waals surface area (Å²) < 4.78 is 5.37. The van der Waals surface area contributed by atoms with Crippen LogP contribution in [0.3, 0.4) is 0 Å². The van der Waals surface area contributed by atoms with Crippen LogP contribution >= 0.6 is 0 Å². The van der Waals surface area contributed by atoms with Crippen molar-refractivity contribution in [3.63, 3.8) is 0 Å². The Kier molecular flexibility index (Phi) is 5.23. The van der Waals surface area contributed by atoms with Crippen LogP contribution in [0.25, 0.3) is 0 Å². The second kappa shape index (κ2) is 6.94. The molecule has 1 aliphatic rings. The van der Waals surface area contributed by atoms with Gasteiger partial charge in [0.05, 0.1) is 0 Å². The van der Waals surface area contributed by atoms with E-state index in [-0.39, 0.29) is 12.1 Å². The lowest BCUT2D eigenvalue weighted by molar-refractivity contribution is 0.0473. The first kappa shape index (κ1) is 15.8. The molecule has 0 radical (unpaired) electrons. The Bertz CT molecular complexity index is 454. The fraction of sp³-hybridized carbons (Fsp3) is 0.588. The van der Waals surface area contributed by atoms with Crippen LogP contribution in [-0.2, 0) is 11.2 Å². The summed E-state index contributed by atoms with van der Waals surface area (Å²) in [5.74, 6) is 0.397. The highest BCUT2D eigenvalue weighted by molar-refractivity contribution is 5.68. The van der Waals surface area contributed by atoms with E-state index < -0.39 is 5.60 Å². The predicted molar refractivity (Wildman–Crippen MR) is 84.3 cm³/mol. The molecule has 0 aromatic heterocycles. The van der Waals surface area contributed by atoms with Crippen LogP contribution in [-0.4, -0.2) is 30.8 Å². The minimum absolute atomic E-state index is 0.168. The van der Waals surface area contributed by atoms with Crippen molar-refractivity contribution in [3.8, 4) is 0 Å². The topological polar surface area (TPSA) is 50.4 Å². The Hall–Kier alpha value is -1.55. The van der Waals surface area contributed by atoms with Gasteiger partial charge in [0.25, 0.3) is 0 Å². The third-order valence-electron chi connectivity index (χ3n) is 3.65. The quantitative estimate of drug-likeness (QED) is 0.900. The second-order valence-electron chi connectivity index (χ2n) is 6.70. The van der Waals surface area contributed by atoms with Gasteiger partial charge in [0.15, 0.2) is 0 Å². The maximum Gasteiger partial charge on any atom is 0.407 e. The summed E-state index contributed by atoms with van der Waals surface area (Å²) in [4.78, 5) is 12.0. The molecular weight excluding hydrogens is 264 g/mol. The van der Waals surface area contributed by atoms with Crippen molar-refractivity contribution in [1.29, 1.82) is 0 Å². The van der Waals surface area contributed by atoms with Gasteiger partial charge in [-0.25, -0.2) is 4.79 Å². The van der Waals surface area contributed by atoms with Gasteiger partial charge >= 0.3 is 6.09 Å². The third-order valence-corrected chi connectivity index (χ3v) is 3.65. The molecule has 4 heteroatoms. The summed E-state index contributed by atoms with van der Waals surface area (Å²) in [7, 11) is 0. The summed E-state index contributed by atoms with van der Waals surface area (Å²) in [6.45, 7) is 7.52. The summed E-state index contributed by atoms with van der Waals surface area (Å²) in [5, 5.41) is 6.46. The average molecular weight is 290 g/mol. The number of nitrogens with one attached hydrogen (secondary N) is 2. The Balaban J connectivity index is 1.94. The van der Waals surface area contributed by atoms with E-state index in [9.17, 15) is 4.79 Å². The molecule has 1 fully saturated rings. The lowest BCUT2D eigenvalue weighted by Crippen LogP contribution is -2.51. The van der Waals surface area contributed by atoms with Crippen LogP contribution in [0.4, 0.5) is 4.79 Å². The number of alkyl carbamates (subject to hydrolysis) is 1. The highest BCUT2D eigenvalue weighted by Gasteiger charge is 2.28. The van der Waals surface area contributed by atoms with Gasteiger partial charge in [-0.2, -0.15) is 0 Å². The maximum absolute atomic E-state index is 12.0. The van der Waals surface area contributed by atoms with Crippen LogP contribution in [0.15, 0.2) is 30.3 Å².